The maximum Gasteiger partial charge on any atom is 0.154 e. The molecular weight excluding hydrogens is 286 g/mol. The number of benzene rings is 1. The highest BCUT2D eigenvalue weighted by Gasteiger charge is 2.32. The lowest BCUT2D eigenvalue weighted by atomic mass is 9.87. The number of methoxy groups -OCH3 is 1. The first-order valence-electron chi connectivity index (χ1n) is 7.72. The molecule has 0 aromatic heterocycles. The van der Waals surface area contributed by atoms with Crippen LogP contribution in [-0.2, 0) is 16.3 Å². The molecule has 2 aliphatic rings. The molecule has 0 spiro atoms. The zero-order chi connectivity index (χ0) is 14.9. The van der Waals surface area contributed by atoms with E-state index >= 15 is 0 Å². The number of ether oxygens (including phenoxy) is 1. The molecule has 1 aliphatic carbocycles. The predicted molar refractivity (Wildman–Crippen MR) is 83.5 cm³/mol. The maximum atomic E-state index is 11.9. The van der Waals surface area contributed by atoms with Gasteiger partial charge in [-0.15, -0.1) is 0 Å². The van der Waals surface area contributed by atoms with Crippen molar-refractivity contribution in [2.75, 3.05) is 19.4 Å². The van der Waals surface area contributed by atoms with E-state index in [0.717, 1.165) is 37.9 Å². The highest BCUT2D eigenvalue weighted by atomic mass is 32.2. The Balaban J connectivity index is 1.71. The SMILES string of the molecule is COc1ccc2c(c1)CCCC2NCC1CCCS1(=O)=O. The zero-order valence-electron chi connectivity index (χ0n) is 12.5. The zero-order valence-corrected chi connectivity index (χ0v) is 13.3. The Hall–Kier alpha value is -1.07. The summed E-state index contributed by atoms with van der Waals surface area (Å²) < 4.78 is 29.1. The molecule has 21 heavy (non-hydrogen) atoms. The van der Waals surface area contributed by atoms with Crippen molar-refractivity contribution in [2.24, 2.45) is 0 Å². The number of rotatable bonds is 4. The standard InChI is InChI=1S/C16H23NO3S/c1-20-13-7-8-15-12(10-13)4-2-6-16(15)17-11-14-5-3-9-21(14,18)19/h7-8,10,14,16-17H,2-6,9,11H2,1H3. The van der Waals surface area contributed by atoms with Gasteiger partial charge in [0, 0.05) is 12.6 Å². The fourth-order valence-electron chi connectivity index (χ4n) is 3.49. The van der Waals surface area contributed by atoms with E-state index in [2.05, 4.69) is 17.4 Å². The van der Waals surface area contributed by atoms with E-state index in [1.54, 1.807) is 7.11 Å². The molecule has 5 heteroatoms. The second-order valence-corrected chi connectivity index (χ2v) is 8.45. The molecule has 2 unspecified atom stereocenters. The molecule has 1 aromatic carbocycles. The third-order valence-electron chi connectivity index (χ3n) is 4.72. The minimum absolute atomic E-state index is 0.193. The number of sulfone groups is 1. The Morgan fingerprint density at radius 2 is 2.14 bits per heavy atom. The van der Waals surface area contributed by atoms with Crippen molar-refractivity contribution in [3.63, 3.8) is 0 Å². The van der Waals surface area contributed by atoms with E-state index in [1.807, 2.05) is 6.07 Å². The second-order valence-electron chi connectivity index (χ2n) is 6.05. The molecule has 2 atom stereocenters. The van der Waals surface area contributed by atoms with Crippen LogP contribution in [0, 0.1) is 0 Å². The highest BCUT2D eigenvalue weighted by Crippen LogP contribution is 2.32. The Morgan fingerprint density at radius 1 is 1.29 bits per heavy atom. The van der Waals surface area contributed by atoms with Gasteiger partial charge in [0.05, 0.1) is 18.1 Å². The van der Waals surface area contributed by atoms with Crippen molar-refractivity contribution in [3.05, 3.63) is 29.3 Å². The fraction of sp³-hybridized carbons (Fsp3) is 0.625. The number of nitrogens with one attached hydrogen (secondary N) is 1. The van der Waals surface area contributed by atoms with Crippen LogP contribution in [0.1, 0.15) is 42.9 Å². The maximum absolute atomic E-state index is 11.9. The molecule has 1 heterocycles. The molecule has 0 bridgehead atoms. The van der Waals surface area contributed by atoms with E-state index in [9.17, 15) is 8.42 Å². The van der Waals surface area contributed by atoms with Gasteiger partial charge in [0.1, 0.15) is 5.75 Å². The molecule has 1 N–H and O–H groups in total. The van der Waals surface area contributed by atoms with Crippen molar-refractivity contribution < 1.29 is 13.2 Å². The van der Waals surface area contributed by atoms with Crippen molar-refractivity contribution in [1.29, 1.82) is 0 Å². The van der Waals surface area contributed by atoms with Gasteiger partial charge in [-0.1, -0.05) is 6.07 Å². The van der Waals surface area contributed by atoms with Crippen LogP contribution in [-0.4, -0.2) is 33.1 Å². The van der Waals surface area contributed by atoms with Crippen LogP contribution in [0.5, 0.6) is 5.75 Å². The summed E-state index contributed by atoms with van der Waals surface area (Å²) in [4.78, 5) is 0. The smallest absolute Gasteiger partial charge is 0.154 e. The van der Waals surface area contributed by atoms with Crippen LogP contribution in [0.15, 0.2) is 18.2 Å². The van der Waals surface area contributed by atoms with Gasteiger partial charge >= 0.3 is 0 Å². The van der Waals surface area contributed by atoms with Gasteiger partial charge in [0.2, 0.25) is 0 Å². The Kier molecular flexibility index (Phi) is 4.22. The molecule has 116 valence electrons. The average Bonchev–Trinajstić information content (AvgIpc) is 2.83. The van der Waals surface area contributed by atoms with Gasteiger partial charge in [-0.25, -0.2) is 8.42 Å². The van der Waals surface area contributed by atoms with E-state index in [-0.39, 0.29) is 11.3 Å². The van der Waals surface area contributed by atoms with Crippen LogP contribution >= 0.6 is 0 Å². The van der Waals surface area contributed by atoms with E-state index < -0.39 is 9.84 Å². The summed E-state index contributed by atoms with van der Waals surface area (Å²) in [7, 11) is -1.17. The van der Waals surface area contributed by atoms with Crippen molar-refractivity contribution in [3.8, 4) is 5.75 Å². The lowest BCUT2D eigenvalue weighted by Crippen LogP contribution is -2.34. The molecule has 1 fully saturated rings. The minimum Gasteiger partial charge on any atom is -0.497 e. The first-order valence-corrected chi connectivity index (χ1v) is 9.43. The van der Waals surface area contributed by atoms with Gasteiger partial charge in [-0.2, -0.15) is 0 Å². The molecule has 3 rings (SSSR count). The van der Waals surface area contributed by atoms with Gasteiger partial charge < -0.3 is 10.1 Å². The lowest BCUT2D eigenvalue weighted by Gasteiger charge is -2.28. The lowest BCUT2D eigenvalue weighted by molar-refractivity contribution is 0.410. The first kappa shape index (κ1) is 14.9. The van der Waals surface area contributed by atoms with E-state index in [4.69, 9.17) is 4.74 Å². The molecule has 1 aliphatic heterocycles. The number of fused-ring (bicyclic) bond motifs is 1. The Bertz CT molecular complexity index is 612. The van der Waals surface area contributed by atoms with Crippen molar-refractivity contribution in [1.82, 2.24) is 5.32 Å². The molecule has 0 saturated carbocycles. The van der Waals surface area contributed by atoms with Crippen LogP contribution in [0.4, 0.5) is 0 Å². The minimum atomic E-state index is -2.86. The summed E-state index contributed by atoms with van der Waals surface area (Å²) in [6.45, 7) is 0.582. The third kappa shape index (κ3) is 3.09. The van der Waals surface area contributed by atoms with Crippen molar-refractivity contribution >= 4 is 9.84 Å². The highest BCUT2D eigenvalue weighted by molar-refractivity contribution is 7.92. The second kappa shape index (κ2) is 5.97. The monoisotopic (exact) mass is 309 g/mol. The van der Waals surface area contributed by atoms with Gasteiger partial charge in [0.25, 0.3) is 0 Å². The third-order valence-corrected chi connectivity index (χ3v) is 7.00. The Labute approximate surface area is 126 Å². The summed E-state index contributed by atoms with van der Waals surface area (Å²) in [5.74, 6) is 1.26. The fourth-order valence-corrected chi connectivity index (χ4v) is 5.27. The number of hydrogen-bond acceptors (Lipinski definition) is 4. The largest absolute Gasteiger partial charge is 0.497 e. The predicted octanol–water partition coefficient (Wildman–Crippen LogP) is 2.24. The quantitative estimate of drug-likeness (QED) is 0.927. The summed E-state index contributed by atoms with van der Waals surface area (Å²) in [5, 5.41) is 3.30. The summed E-state index contributed by atoms with van der Waals surface area (Å²) in [6.07, 6.45) is 4.90. The summed E-state index contributed by atoms with van der Waals surface area (Å²) in [5.41, 5.74) is 2.63. The molecule has 1 aromatic rings. The van der Waals surface area contributed by atoms with Crippen LogP contribution in [0.2, 0.25) is 0 Å². The summed E-state index contributed by atoms with van der Waals surface area (Å²) >= 11 is 0. The molecule has 1 saturated heterocycles. The molecule has 0 radical (unpaired) electrons. The Morgan fingerprint density at radius 3 is 2.86 bits per heavy atom. The normalized spacial score (nSPS) is 27.3. The number of aryl methyl sites for hydroxylation is 1. The van der Waals surface area contributed by atoms with Crippen LogP contribution < -0.4 is 10.1 Å². The molecule has 0 amide bonds. The topological polar surface area (TPSA) is 55.4 Å². The molecular formula is C16H23NO3S. The van der Waals surface area contributed by atoms with Crippen LogP contribution in [0.3, 0.4) is 0 Å². The number of hydrogen-bond donors (Lipinski definition) is 1. The molecule has 4 nitrogen and oxygen atoms in total. The first-order chi connectivity index (χ1) is 10.1. The van der Waals surface area contributed by atoms with E-state index in [0.29, 0.717) is 12.3 Å². The van der Waals surface area contributed by atoms with Gasteiger partial charge in [-0.05, 0) is 55.4 Å². The van der Waals surface area contributed by atoms with Crippen LogP contribution in [0.25, 0.3) is 0 Å². The van der Waals surface area contributed by atoms with Gasteiger partial charge in [-0.3, -0.25) is 0 Å². The van der Waals surface area contributed by atoms with E-state index in [1.165, 1.54) is 11.1 Å². The van der Waals surface area contributed by atoms with Gasteiger partial charge in [0.15, 0.2) is 9.84 Å². The average molecular weight is 309 g/mol. The summed E-state index contributed by atoms with van der Waals surface area (Å²) in [6, 6.07) is 6.49. The van der Waals surface area contributed by atoms with Crippen molar-refractivity contribution in [2.45, 2.75) is 43.4 Å².